The predicted octanol–water partition coefficient (Wildman–Crippen LogP) is 3.45. The highest BCUT2D eigenvalue weighted by atomic mass is 15.0. The second-order valence-corrected chi connectivity index (χ2v) is 6.16. The molecule has 2 heterocycles. The summed E-state index contributed by atoms with van der Waals surface area (Å²) < 4.78 is 0. The van der Waals surface area contributed by atoms with Gasteiger partial charge in [-0.25, -0.2) is 4.98 Å². The summed E-state index contributed by atoms with van der Waals surface area (Å²) in [5.41, 5.74) is 7.79. The Morgan fingerprint density at radius 3 is 2.64 bits per heavy atom. The first-order valence-electron chi connectivity index (χ1n) is 7.36. The van der Waals surface area contributed by atoms with Gasteiger partial charge in [0.2, 0.25) is 0 Å². The van der Waals surface area contributed by atoms with Crippen molar-refractivity contribution in [2.24, 2.45) is 5.73 Å². The van der Waals surface area contributed by atoms with Crippen LogP contribution in [0, 0.1) is 0 Å². The van der Waals surface area contributed by atoms with Crippen LogP contribution in [0.15, 0.2) is 54.9 Å². The van der Waals surface area contributed by atoms with E-state index in [1.165, 1.54) is 0 Å². The summed E-state index contributed by atoms with van der Waals surface area (Å²) in [6.45, 7) is 4.63. The molecule has 0 aliphatic carbocycles. The number of nitrogens with zero attached hydrogens (tertiary/aromatic N) is 2. The highest BCUT2D eigenvalue weighted by Crippen LogP contribution is 2.27. The number of pyridine rings is 2. The topological polar surface area (TPSA) is 63.8 Å². The second-order valence-electron chi connectivity index (χ2n) is 6.16. The first kappa shape index (κ1) is 14.5. The highest BCUT2D eigenvalue weighted by Gasteiger charge is 2.13. The van der Waals surface area contributed by atoms with Crippen molar-refractivity contribution in [1.29, 1.82) is 0 Å². The first-order chi connectivity index (χ1) is 10.5. The zero-order chi connectivity index (χ0) is 15.6. The maximum atomic E-state index is 6.07. The van der Waals surface area contributed by atoms with Gasteiger partial charge < -0.3 is 11.1 Å². The summed E-state index contributed by atoms with van der Waals surface area (Å²) in [6, 6.07) is 14.2. The molecule has 4 nitrogen and oxygen atoms in total. The van der Waals surface area contributed by atoms with Crippen LogP contribution in [0.2, 0.25) is 0 Å². The molecule has 112 valence electrons. The average Bonchev–Trinajstić information content (AvgIpc) is 2.52. The van der Waals surface area contributed by atoms with Crippen molar-refractivity contribution in [2.45, 2.75) is 19.4 Å². The van der Waals surface area contributed by atoms with Crippen LogP contribution in [0.5, 0.6) is 0 Å². The molecular formula is C18H20N4. The number of anilines is 1. The van der Waals surface area contributed by atoms with Crippen molar-refractivity contribution >= 4 is 16.6 Å². The molecule has 0 saturated carbocycles. The average molecular weight is 292 g/mol. The molecule has 0 bridgehead atoms. The largest absolute Gasteiger partial charge is 0.368 e. The molecule has 3 aromatic rings. The fourth-order valence-electron chi connectivity index (χ4n) is 2.30. The number of rotatable bonds is 4. The van der Waals surface area contributed by atoms with Gasteiger partial charge >= 0.3 is 0 Å². The standard InChI is InChI=1S/C18H20N4/c1-18(2,19)12-21-17-15-8-9-20-11-14(15)10-16(22-17)13-6-4-3-5-7-13/h3-11H,12,19H2,1-2H3,(H,21,22). The highest BCUT2D eigenvalue weighted by molar-refractivity contribution is 5.93. The van der Waals surface area contributed by atoms with E-state index in [0.29, 0.717) is 6.54 Å². The fourth-order valence-corrected chi connectivity index (χ4v) is 2.30. The van der Waals surface area contributed by atoms with Crippen molar-refractivity contribution in [1.82, 2.24) is 9.97 Å². The monoisotopic (exact) mass is 292 g/mol. The summed E-state index contributed by atoms with van der Waals surface area (Å²) in [6.07, 6.45) is 3.65. The van der Waals surface area contributed by atoms with Crippen molar-refractivity contribution in [2.75, 3.05) is 11.9 Å². The second kappa shape index (κ2) is 5.73. The summed E-state index contributed by atoms with van der Waals surface area (Å²) >= 11 is 0. The van der Waals surface area contributed by atoms with Gasteiger partial charge in [-0.1, -0.05) is 30.3 Å². The van der Waals surface area contributed by atoms with Crippen molar-refractivity contribution in [3.8, 4) is 11.3 Å². The van der Waals surface area contributed by atoms with Crippen molar-refractivity contribution in [3.05, 3.63) is 54.9 Å². The minimum absolute atomic E-state index is 0.302. The first-order valence-corrected chi connectivity index (χ1v) is 7.36. The Morgan fingerprint density at radius 1 is 1.14 bits per heavy atom. The molecule has 0 aliphatic heterocycles. The Bertz CT molecular complexity index is 776. The van der Waals surface area contributed by atoms with Gasteiger partial charge in [-0.15, -0.1) is 0 Å². The van der Waals surface area contributed by atoms with E-state index in [4.69, 9.17) is 10.7 Å². The van der Waals surface area contributed by atoms with Crippen LogP contribution in [-0.2, 0) is 0 Å². The number of nitrogens with two attached hydrogens (primary N) is 1. The summed E-state index contributed by atoms with van der Waals surface area (Å²) in [7, 11) is 0. The van der Waals surface area contributed by atoms with Gasteiger partial charge in [0.05, 0.1) is 5.69 Å². The molecular weight excluding hydrogens is 272 g/mol. The Kier molecular flexibility index (Phi) is 3.77. The Labute approximate surface area is 130 Å². The van der Waals surface area contributed by atoms with Crippen molar-refractivity contribution in [3.63, 3.8) is 0 Å². The quantitative estimate of drug-likeness (QED) is 0.773. The van der Waals surface area contributed by atoms with Crippen LogP contribution in [-0.4, -0.2) is 22.1 Å². The van der Waals surface area contributed by atoms with E-state index >= 15 is 0 Å². The minimum Gasteiger partial charge on any atom is -0.368 e. The molecule has 0 radical (unpaired) electrons. The lowest BCUT2D eigenvalue weighted by Gasteiger charge is -2.20. The number of aromatic nitrogens is 2. The van der Waals surface area contributed by atoms with Crippen LogP contribution in [0.25, 0.3) is 22.0 Å². The Hall–Kier alpha value is -2.46. The predicted molar refractivity (Wildman–Crippen MR) is 91.7 cm³/mol. The maximum Gasteiger partial charge on any atom is 0.134 e. The lowest BCUT2D eigenvalue weighted by atomic mass is 10.1. The molecule has 3 rings (SSSR count). The zero-order valence-corrected chi connectivity index (χ0v) is 12.9. The van der Waals surface area contributed by atoms with E-state index in [2.05, 4.69) is 28.5 Å². The molecule has 0 fully saturated rings. The van der Waals surface area contributed by atoms with Gasteiger partial charge in [-0.2, -0.15) is 0 Å². The van der Waals surface area contributed by atoms with E-state index in [-0.39, 0.29) is 5.54 Å². The van der Waals surface area contributed by atoms with Crippen LogP contribution in [0.3, 0.4) is 0 Å². The number of fused-ring (bicyclic) bond motifs is 1. The third-order valence-corrected chi connectivity index (χ3v) is 3.41. The summed E-state index contributed by atoms with van der Waals surface area (Å²) in [4.78, 5) is 9.00. The third-order valence-electron chi connectivity index (χ3n) is 3.41. The maximum absolute atomic E-state index is 6.07. The van der Waals surface area contributed by atoms with Crippen LogP contribution in [0.4, 0.5) is 5.82 Å². The smallest absolute Gasteiger partial charge is 0.134 e. The van der Waals surface area contributed by atoms with Crippen LogP contribution < -0.4 is 11.1 Å². The van der Waals surface area contributed by atoms with Crippen LogP contribution in [0.1, 0.15) is 13.8 Å². The van der Waals surface area contributed by atoms with E-state index in [0.717, 1.165) is 27.8 Å². The third kappa shape index (κ3) is 3.23. The molecule has 0 amide bonds. The van der Waals surface area contributed by atoms with Crippen LogP contribution >= 0.6 is 0 Å². The van der Waals surface area contributed by atoms with Gasteiger partial charge in [-0.05, 0) is 26.0 Å². The Morgan fingerprint density at radius 2 is 1.91 bits per heavy atom. The molecule has 3 N–H and O–H groups in total. The molecule has 0 saturated heterocycles. The number of nitrogens with one attached hydrogen (secondary N) is 1. The SMILES string of the molecule is CC(C)(N)CNc1nc(-c2ccccc2)cc2cnccc12. The Balaban J connectivity index is 2.08. The van der Waals surface area contributed by atoms with Gasteiger partial charge in [0.15, 0.2) is 0 Å². The van der Waals surface area contributed by atoms with E-state index in [9.17, 15) is 0 Å². The zero-order valence-electron chi connectivity index (χ0n) is 12.9. The lowest BCUT2D eigenvalue weighted by molar-refractivity contribution is 0.549. The molecule has 0 atom stereocenters. The normalized spacial score (nSPS) is 11.6. The molecule has 0 aliphatic rings. The van der Waals surface area contributed by atoms with Gasteiger partial charge in [0.25, 0.3) is 0 Å². The molecule has 4 heteroatoms. The van der Waals surface area contributed by atoms with E-state index in [1.807, 2.05) is 44.3 Å². The molecule has 2 aromatic heterocycles. The van der Waals surface area contributed by atoms with Crippen molar-refractivity contribution < 1.29 is 0 Å². The fraction of sp³-hybridized carbons (Fsp3) is 0.222. The van der Waals surface area contributed by atoms with Gasteiger partial charge in [-0.3, -0.25) is 4.98 Å². The number of benzene rings is 1. The molecule has 22 heavy (non-hydrogen) atoms. The summed E-state index contributed by atoms with van der Waals surface area (Å²) in [5.74, 6) is 0.845. The molecule has 0 unspecified atom stereocenters. The molecule has 1 aromatic carbocycles. The van der Waals surface area contributed by atoms with E-state index in [1.54, 1.807) is 6.20 Å². The summed E-state index contributed by atoms with van der Waals surface area (Å²) in [5, 5.41) is 5.49. The number of hydrogen-bond donors (Lipinski definition) is 2. The van der Waals surface area contributed by atoms with Gasteiger partial charge in [0.1, 0.15) is 5.82 Å². The van der Waals surface area contributed by atoms with Gasteiger partial charge in [0, 0.05) is 40.8 Å². The lowest BCUT2D eigenvalue weighted by Crippen LogP contribution is -2.39. The number of hydrogen-bond acceptors (Lipinski definition) is 4. The molecule has 0 spiro atoms. The minimum atomic E-state index is -0.302. The van der Waals surface area contributed by atoms with E-state index < -0.39 is 0 Å².